The molecule has 0 N–H and O–H groups in total. The van der Waals surface area contributed by atoms with Gasteiger partial charge in [0.05, 0.1) is 28.1 Å². The first kappa shape index (κ1) is 50.7. The van der Waals surface area contributed by atoms with Crippen molar-refractivity contribution in [2.24, 2.45) is 94.2 Å². The van der Waals surface area contributed by atoms with Crippen LogP contribution in [0.5, 0.6) is 0 Å². The van der Waals surface area contributed by atoms with Crippen molar-refractivity contribution < 1.29 is 0 Å². The summed E-state index contributed by atoms with van der Waals surface area (Å²) in [5.41, 5.74) is 33.3. The second-order valence-corrected chi connectivity index (χ2v) is 35.6. The largest absolute Gasteiger partial charge is 0.311 e. The van der Waals surface area contributed by atoms with Gasteiger partial charge in [-0.25, -0.2) is 0 Å². The molecule has 18 unspecified atom stereocenters. The van der Waals surface area contributed by atoms with E-state index in [4.69, 9.17) is 0 Å². The molecule has 3 spiro atoms. The zero-order chi connectivity index (χ0) is 58.8. The number of aromatic nitrogens is 1. The number of para-hydroxylation sites is 2. The predicted molar refractivity (Wildman–Crippen MR) is 364 cm³/mol. The number of benzene rings is 7. The van der Waals surface area contributed by atoms with E-state index in [9.17, 15) is 0 Å². The molecule has 88 heavy (non-hydrogen) atoms. The molecule has 10 aliphatic carbocycles. The van der Waals surface area contributed by atoms with E-state index in [1.807, 2.05) is 0 Å². The Hall–Kier alpha value is -6.00. The predicted octanol–water partition coefficient (Wildman–Crippen LogP) is 18.6. The first-order valence-electron chi connectivity index (χ1n) is 35.8. The van der Waals surface area contributed by atoms with Crippen LogP contribution in [0.25, 0.3) is 27.5 Å². The molecule has 442 valence electrons. The molecule has 0 amide bonds. The number of fused-ring (bicyclic) bond motifs is 24. The third-order valence-corrected chi connectivity index (χ3v) is 30.2. The molecule has 4 heteroatoms. The molecule has 4 aliphatic heterocycles. The molecule has 5 heterocycles. The van der Waals surface area contributed by atoms with Gasteiger partial charge in [-0.1, -0.05) is 132 Å². The molecule has 1 aromatic heterocycles. The lowest BCUT2D eigenvalue weighted by atomic mass is 9.31. The first-order chi connectivity index (χ1) is 42.4. The summed E-state index contributed by atoms with van der Waals surface area (Å²) in [7, 11) is 0. The SMILES string of the molecule is Cc1cc(C)c2c(c1)c1cc(C)cc(C)c1n2-c1cc2c3c(c1)N1c4ccc(C(C)(C)C)cc4C4(c5cccc(c51)B3c1cccc3c1N2c1ccc(C(C)(C)C)cc1C31C2CCC3CC5CC(C)C1C(C5)C3C2)C1CC2C3CC5CC6C4C2C6(C5)C3C1. The minimum Gasteiger partial charge on any atom is -0.311 e. The monoisotopic (exact) mass is 1150 g/mol. The summed E-state index contributed by atoms with van der Waals surface area (Å²) in [5, 5.41) is 2.76. The van der Waals surface area contributed by atoms with Crippen LogP contribution in [0.2, 0.25) is 0 Å². The highest BCUT2D eigenvalue weighted by Crippen LogP contribution is 2.91. The number of hydrogen-bond acceptors (Lipinski definition) is 2. The van der Waals surface area contributed by atoms with Crippen LogP contribution in [0.3, 0.4) is 0 Å². The Labute approximate surface area is 523 Å². The Balaban J connectivity index is 0.888. The van der Waals surface area contributed by atoms with Crippen molar-refractivity contribution in [1.82, 2.24) is 4.57 Å². The summed E-state index contributed by atoms with van der Waals surface area (Å²) < 4.78 is 2.77. The summed E-state index contributed by atoms with van der Waals surface area (Å²) in [6.07, 6.45) is 16.0. The standard InChI is InChI=1S/C84H88BN3/c1-41-24-44(4)76-58(26-41)59-27-42(2)25-45(5)77(59)86(76)53-38-70-75-71(39-53)88-69-23-21-50(81(9,10)11)36-64(69)84(52-34-57-55-31-47-32-65-74(84)73(57)82(65,40-47)62(55)37-52)61-15-13-17-67(79(61)88)85(75)66-16-12-14-60-78(66)87(70)68-22-20-49(80(6,7)8)35-63(68)83(60)51-19-18-48-29-46-28-43(3)72(83)56(30-46)54(48)33-51/h12-17,20-27,35-36,38-39,43,46-48,51-52,54-57,62,65,72-74H,18-19,28-34,37,40H2,1-11H3. The highest BCUT2D eigenvalue weighted by molar-refractivity contribution is 7.00. The quantitative estimate of drug-likeness (QED) is 0.152. The third kappa shape index (κ3) is 5.40. The summed E-state index contributed by atoms with van der Waals surface area (Å²) in [6, 6.07) is 47.8. The van der Waals surface area contributed by atoms with E-state index < -0.39 is 0 Å². The van der Waals surface area contributed by atoms with Crippen LogP contribution in [0.4, 0.5) is 34.1 Å². The van der Waals surface area contributed by atoms with E-state index in [-0.39, 0.29) is 28.4 Å². The topological polar surface area (TPSA) is 11.4 Å². The zero-order valence-electron chi connectivity index (χ0n) is 54.2. The third-order valence-electron chi connectivity index (χ3n) is 30.2. The number of rotatable bonds is 1. The second-order valence-electron chi connectivity index (χ2n) is 35.6. The molecular weight excluding hydrogens is 1060 g/mol. The van der Waals surface area contributed by atoms with E-state index in [1.54, 1.807) is 57.4 Å². The maximum absolute atomic E-state index is 2.96. The van der Waals surface area contributed by atoms with Crippen molar-refractivity contribution in [1.29, 1.82) is 0 Å². The van der Waals surface area contributed by atoms with Gasteiger partial charge in [0.15, 0.2) is 0 Å². The van der Waals surface area contributed by atoms with Crippen molar-refractivity contribution in [3.63, 3.8) is 0 Å². The van der Waals surface area contributed by atoms with E-state index >= 15 is 0 Å². The molecule has 10 saturated carbocycles. The number of anilines is 6. The van der Waals surface area contributed by atoms with Crippen LogP contribution in [0.15, 0.2) is 109 Å². The summed E-state index contributed by atoms with van der Waals surface area (Å²) >= 11 is 0. The Morgan fingerprint density at radius 1 is 0.477 bits per heavy atom. The van der Waals surface area contributed by atoms with Crippen molar-refractivity contribution in [3.05, 3.63) is 165 Å². The molecule has 22 rings (SSSR count). The summed E-state index contributed by atoms with van der Waals surface area (Å²) in [5.74, 6) is 12.4. The molecule has 8 aromatic rings. The van der Waals surface area contributed by atoms with E-state index in [2.05, 4.69) is 200 Å². The molecular formula is C84H88BN3. The van der Waals surface area contributed by atoms with Crippen LogP contribution >= 0.6 is 0 Å². The van der Waals surface area contributed by atoms with Gasteiger partial charge in [0.25, 0.3) is 6.71 Å². The van der Waals surface area contributed by atoms with Crippen LogP contribution < -0.4 is 26.2 Å². The van der Waals surface area contributed by atoms with Crippen LogP contribution in [0, 0.1) is 122 Å². The van der Waals surface area contributed by atoms with Crippen molar-refractivity contribution in [3.8, 4) is 5.69 Å². The maximum Gasteiger partial charge on any atom is 0.252 e. The van der Waals surface area contributed by atoms with Gasteiger partial charge in [-0.2, -0.15) is 0 Å². The second kappa shape index (κ2) is 15.7. The highest BCUT2D eigenvalue weighted by Gasteiger charge is 2.86. The minimum absolute atomic E-state index is 0.00846. The highest BCUT2D eigenvalue weighted by atomic mass is 15.2. The molecule has 10 fully saturated rings. The minimum atomic E-state index is -0.0648. The van der Waals surface area contributed by atoms with Crippen molar-refractivity contribution in [2.45, 2.75) is 168 Å². The maximum atomic E-state index is 2.96. The fourth-order valence-electron chi connectivity index (χ4n) is 28.5. The number of nitrogens with zero attached hydrogens (tertiary/aromatic N) is 3. The van der Waals surface area contributed by atoms with Gasteiger partial charge in [0.2, 0.25) is 0 Å². The van der Waals surface area contributed by atoms with Gasteiger partial charge >= 0.3 is 0 Å². The summed E-state index contributed by atoms with van der Waals surface area (Å²) in [4.78, 5) is 5.91. The Morgan fingerprint density at radius 3 is 1.67 bits per heavy atom. The number of hydrogen-bond donors (Lipinski definition) is 0. The molecule has 0 radical (unpaired) electrons. The lowest BCUT2D eigenvalue weighted by Gasteiger charge is -2.69. The molecule has 3 nitrogen and oxygen atoms in total. The van der Waals surface area contributed by atoms with E-state index in [0.29, 0.717) is 29.1 Å². The van der Waals surface area contributed by atoms with Gasteiger partial charge in [-0.05, 0) is 301 Å². The molecule has 18 atom stereocenters. The number of aryl methyl sites for hydroxylation is 4. The molecule has 10 bridgehead atoms. The average Bonchev–Trinajstić information content (AvgIpc) is 1.38. The smallest absolute Gasteiger partial charge is 0.252 e. The van der Waals surface area contributed by atoms with Gasteiger partial charge in [0, 0.05) is 44.4 Å². The zero-order valence-corrected chi connectivity index (χ0v) is 54.2. The van der Waals surface area contributed by atoms with E-state index in [1.165, 1.54) is 147 Å². The Morgan fingerprint density at radius 2 is 1.06 bits per heavy atom. The molecule has 7 aromatic carbocycles. The average molecular weight is 1150 g/mol. The Bertz CT molecular complexity index is 4530. The lowest BCUT2D eigenvalue weighted by Crippen LogP contribution is -2.68. The van der Waals surface area contributed by atoms with Gasteiger partial charge in [0.1, 0.15) is 0 Å². The molecule has 14 aliphatic rings. The van der Waals surface area contributed by atoms with Gasteiger partial charge in [-0.15, -0.1) is 0 Å². The lowest BCUT2D eigenvalue weighted by molar-refractivity contribution is -0.152. The van der Waals surface area contributed by atoms with Crippen LogP contribution in [-0.2, 0) is 21.7 Å². The van der Waals surface area contributed by atoms with Crippen LogP contribution in [0.1, 0.15) is 175 Å². The van der Waals surface area contributed by atoms with Crippen molar-refractivity contribution >= 4 is 79.0 Å². The first-order valence-corrected chi connectivity index (χ1v) is 35.8. The van der Waals surface area contributed by atoms with Gasteiger partial charge < -0.3 is 14.4 Å². The summed E-state index contributed by atoms with van der Waals surface area (Å²) in [6.45, 7) is 27.2. The fourth-order valence-corrected chi connectivity index (χ4v) is 28.5. The fraction of sp³-hybridized carbons (Fsp3) is 0.500. The van der Waals surface area contributed by atoms with Crippen molar-refractivity contribution in [2.75, 3.05) is 9.80 Å². The normalized spacial score (nSPS) is 37.4. The van der Waals surface area contributed by atoms with Gasteiger partial charge in [-0.3, -0.25) is 0 Å². The van der Waals surface area contributed by atoms with Crippen LogP contribution in [-0.4, -0.2) is 11.3 Å². The Kier molecular flexibility index (Phi) is 9.02. The molecule has 0 saturated heterocycles. The van der Waals surface area contributed by atoms with E-state index in [0.717, 1.165) is 65.1 Å².